The molecular formula is C22H25N3O3S. The molecule has 0 aromatic heterocycles. The lowest BCUT2D eigenvalue weighted by atomic mass is 10.1. The van der Waals surface area contributed by atoms with E-state index in [1.807, 2.05) is 48.5 Å². The van der Waals surface area contributed by atoms with Crippen LogP contribution >= 0.6 is 11.8 Å². The second-order valence-corrected chi connectivity index (χ2v) is 7.76. The van der Waals surface area contributed by atoms with Gasteiger partial charge in [-0.05, 0) is 60.4 Å². The second kappa shape index (κ2) is 10.7. The quantitative estimate of drug-likeness (QED) is 0.384. The van der Waals surface area contributed by atoms with Gasteiger partial charge < -0.3 is 14.8 Å². The van der Waals surface area contributed by atoms with E-state index >= 15 is 0 Å². The number of nitrogens with one attached hydrogen (secondary N) is 1. The number of thioether (sulfide) groups is 1. The average molecular weight is 412 g/mol. The SMILES string of the molecule is CCCCOc1ccc(/C=N/N=C2/NC(=O)C(Cc3cccc(OC)c3)S2)cc1. The van der Waals surface area contributed by atoms with Crippen LogP contribution in [0, 0.1) is 0 Å². The van der Waals surface area contributed by atoms with Crippen molar-refractivity contribution in [3.63, 3.8) is 0 Å². The lowest BCUT2D eigenvalue weighted by molar-refractivity contribution is -0.118. The van der Waals surface area contributed by atoms with Crippen molar-refractivity contribution in [1.82, 2.24) is 5.32 Å². The number of methoxy groups -OCH3 is 1. The fourth-order valence-electron chi connectivity index (χ4n) is 2.73. The van der Waals surface area contributed by atoms with Gasteiger partial charge in [0.25, 0.3) is 0 Å². The minimum Gasteiger partial charge on any atom is -0.497 e. The Bertz CT molecular complexity index is 881. The number of nitrogens with zero attached hydrogens (tertiary/aromatic N) is 2. The third kappa shape index (κ3) is 6.35. The molecule has 7 heteroatoms. The van der Waals surface area contributed by atoms with Crippen molar-refractivity contribution in [2.75, 3.05) is 13.7 Å². The molecule has 1 fully saturated rings. The largest absolute Gasteiger partial charge is 0.497 e. The fraction of sp³-hybridized carbons (Fsp3) is 0.318. The lowest BCUT2D eigenvalue weighted by Gasteiger charge is -2.07. The standard InChI is InChI=1S/C22H25N3O3S/c1-3-4-12-28-18-10-8-16(9-11-18)15-23-25-22-24-21(26)20(29-22)14-17-6-5-7-19(13-17)27-2/h5-11,13,15,20H,3-4,12,14H2,1-2H3,(H,24,25,26)/b23-15+. The van der Waals surface area contributed by atoms with Gasteiger partial charge in [-0.25, -0.2) is 0 Å². The molecule has 3 rings (SSSR count). The Labute approximate surface area is 175 Å². The Morgan fingerprint density at radius 1 is 1.17 bits per heavy atom. The third-order valence-electron chi connectivity index (χ3n) is 4.33. The lowest BCUT2D eigenvalue weighted by Crippen LogP contribution is -2.25. The minimum absolute atomic E-state index is 0.0552. The summed E-state index contributed by atoms with van der Waals surface area (Å²) in [6.45, 7) is 2.86. The highest BCUT2D eigenvalue weighted by Gasteiger charge is 2.30. The van der Waals surface area contributed by atoms with Crippen LogP contribution in [0.2, 0.25) is 0 Å². The summed E-state index contributed by atoms with van der Waals surface area (Å²) in [5.41, 5.74) is 1.96. The smallest absolute Gasteiger partial charge is 0.239 e. The first-order chi connectivity index (χ1) is 14.2. The Morgan fingerprint density at radius 3 is 2.76 bits per heavy atom. The molecule has 1 aliphatic rings. The molecule has 0 radical (unpaired) electrons. The first-order valence-corrected chi connectivity index (χ1v) is 10.5. The number of carbonyl (C=O) groups excluding carboxylic acids is 1. The van der Waals surface area contributed by atoms with Crippen LogP contribution in [0.25, 0.3) is 0 Å². The number of unbranched alkanes of at least 4 members (excludes halogenated alkanes) is 1. The topological polar surface area (TPSA) is 72.3 Å². The average Bonchev–Trinajstić information content (AvgIpc) is 3.08. The van der Waals surface area contributed by atoms with Gasteiger partial charge in [-0.2, -0.15) is 5.10 Å². The molecule has 2 aromatic carbocycles. The first kappa shape index (κ1) is 20.9. The third-order valence-corrected chi connectivity index (χ3v) is 5.41. The van der Waals surface area contributed by atoms with Gasteiger partial charge in [0.1, 0.15) is 11.5 Å². The summed E-state index contributed by atoms with van der Waals surface area (Å²) in [6.07, 6.45) is 4.42. The van der Waals surface area contributed by atoms with Gasteiger partial charge in [0.15, 0.2) is 5.17 Å². The van der Waals surface area contributed by atoms with E-state index in [9.17, 15) is 4.79 Å². The van der Waals surface area contributed by atoms with Crippen molar-refractivity contribution in [1.29, 1.82) is 0 Å². The summed E-state index contributed by atoms with van der Waals surface area (Å²) in [6, 6.07) is 15.4. The van der Waals surface area contributed by atoms with Crippen molar-refractivity contribution in [2.24, 2.45) is 10.2 Å². The Balaban J connectivity index is 1.54. The molecule has 1 unspecified atom stereocenters. The Morgan fingerprint density at radius 2 is 2.00 bits per heavy atom. The molecule has 29 heavy (non-hydrogen) atoms. The number of hydrogen-bond acceptors (Lipinski definition) is 6. The van der Waals surface area contributed by atoms with Crippen LogP contribution in [0.5, 0.6) is 11.5 Å². The van der Waals surface area contributed by atoms with Crippen LogP contribution in [0.1, 0.15) is 30.9 Å². The number of hydrogen-bond donors (Lipinski definition) is 1. The zero-order valence-electron chi connectivity index (χ0n) is 16.6. The number of ether oxygens (including phenoxy) is 2. The zero-order valence-corrected chi connectivity index (χ0v) is 17.4. The van der Waals surface area contributed by atoms with Gasteiger partial charge in [-0.3, -0.25) is 4.79 Å². The zero-order chi connectivity index (χ0) is 20.5. The molecule has 1 heterocycles. The second-order valence-electron chi connectivity index (χ2n) is 6.57. The van der Waals surface area contributed by atoms with Gasteiger partial charge in [0, 0.05) is 0 Å². The van der Waals surface area contributed by atoms with Gasteiger partial charge in [-0.1, -0.05) is 37.2 Å². The summed E-state index contributed by atoms with van der Waals surface area (Å²) in [7, 11) is 1.63. The highest BCUT2D eigenvalue weighted by atomic mass is 32.2. The highest BCUT2D eigenvalue weighted by Crippen LogP contribution is 2.24. The highest BCUT2D eigenvalue weighted by molar-refractivity contribution is 8.15. The monoisotopic (exact) mass is 411 g/mol. The van der Waals surface area contributed by atoms with Crippen molar-refractivity contribution in [3.05, 3.63) is 59.7 Å². The van der Waals surface area contributed by atoms with Crippen LogP contribution < -0.4 is 14.8 Å². The van der Waals surface area contributed by atoms with E-state index in [0.717, 1.165) is 42.1 Å². The predicted molar refractivity (Wildman–Crippen MR) is 118 cm³/mol. The maximum atomic E-state index is 12.2. The van der Waals surface area contributed by atoms with Crippen LogP contribution in [-0.2, 0) is 11.2 Å². The number of carbonyl (C=O) groups is 1. The van der Waals surface area contributed by atoms with Crippen molar-refractivity contribution in [3.8, 4) is 11.5 Å². The van der Waals surface area contributed by atoms with Gasteiger partial charge in [0.2, 0.25) is 5.91 Å². The molecular weight excluding hydrogens is 386 g/mol. The number of amides is 1. The maximum Gasteiger partial charge on any atom is 0.239 e. The van der Waals surface area contributed by atoms with Crippen molar-refractivity contribution >= 4 is 29.1 Å². The predicted octanol–water partition coefficient (Wildman–Crippen LogP) is 4.04. The molecule has 0 bridgehead atoms. The van der Waals surface area contributed by atoms with E-state index < -0.39 is 0 Å². The molecule has 1 atom stereocenters. The molecule has 2 aromatic rings. The van der Waals surface area contributed by atoms with Crippen LogP contribution in [0.15, 0.2) is 58.7 Å². The molecule has 0 saturated carbocycles. The molecule has 0 spiro atoms. The van der Waals surface area contributed by atoms with E-state index in [4.69, 9.17) is 9.47 Å². The van der Waals surface area contributed by atoms with Gasteiger partial charge >= 0.3 is 0 Å². The summed E-state index contributed by atoms with van der Waals surface area (Å²) in [5.74, 6) is 1.58. The van der Waals surface area contributed by atoms with Crippen LogP contribution in [0.4, 0.5) is 0 Å². The molecule has 1 N–H and O–H groups in total. The summed E-state index contributed by atoms with van der Waals surface area (Å²) >= 11 is 1.39. The Hall–Kier alpha value is -2.80. The molecule has 6 nitrogen and oxygen atoms in total. The molecule has 0 aliphatic carbocycles. The number of benzene rings is 2. The fourth-order valence-corrected chi connectivity index (χ4v) is 3.70. The maximum absolute atomic E-state index is 12.2. The van der Waals surface area contributed by atoms with Gasteiger partial charge in [-0.15, -0.1) is 5.10 Å². The molecule has 1 amide bonds. The van der Waals surface area contributed by atoms with E-state index in [1.54, 1.807) is 13.3 Å². The molecule has 152 valence electrons. The van der Waals surface area contributed by atoms with E-state index in [2.05, 4.69) is 22.4 Å². The molecule has 1 saturated heterocycles. The summed E-state index contributed by atoms with van der Waals surface area (Å²) in [4.78, 5) is 12.2. The number of rotatable bonds is 9. The normalized spacial score (nSPS) is 17.7. The minimum atomic E-state index is -0.226. The van der Waals surface area contributed by atoms with E-state index in [0.29, 0.717) is 11.6 Å². The molecule has 1 aliphatic heterocycles. The van der Waals surface area contributed by atoms with E-state index in [-0.39, 0.29) is 11.2 Å². The summed E-state index contributed by atoms with van der Waals surface area (Å²) in [5, 5.41) is 11.3. The Kier molecular flexibility index (Phi) is 7.69. The van der Waals surface area contributed by atoms with Crippen molar-refractivity contribution in [2.45, 2.75) is 31.4 Å². The summed E-state index contributed by atoms with van der Waals surface area (Å²) < 4.78 is 10.9. The van der Waals surface area contributed by atoms with E-state index in [1.165, 1.54) is 11.8 Å². The van der Waals surface area contributed by atoms with Crippen LogP contribution in [0.3, 0.4) is 0 Å². The first-order valence-electron chi connectivity index (χ1n) is 9.62. The van der Waals surface area contributed by atoms with Gasteiger partial charge in [0.05, 0.1) is 25.2 Å². The number of amidine groups is 1. The van der Waals surface area contributed by atoms with Crippen molar-refractivity contribution < 1.29 is 14.3 Å². The van der Waals surface area contributed by atoms with Crippen LogP contribution in [-0.4, -0.2) is 36.3 Å².